The summed E-state index contributed by atoms with van der Waals surface area (Å²) in [5, 5.41) is 3.18. The lowest BCUT2D eigenvalue weighted by molar-refractivity contribution is -0.121. The van der Waals surface area contributed by atoms with Crippen LogP contribution in [0.4, 0.5) is 0 Å². The van der Waals surface area contributed by atoms with E-state index in [0.717, 1.165) is 19.3 Å². The van der Waals surface area contributed by atoms with E-state index in [-0.39, 0.29) is 11.9 Å². The highest BCUT2D eigenvalue weighted by Crippen LogP contribution is 2.35. The van der Waals surface area contributed by atoms with E-state index in [1.807, 2.05) is 6.07 Å². The van der Waals surface area contributed by atoms with Crippen LogP contribution in [0.5, 0.6) is 0 Å². The van der Waals surface area contributed by atoms with Gasteiger partial charge in [-0.15, -0.1) is 0 Å². The molecule has 0 saturated heterocycles. The molecule has 2 unspecified atom stereocenters. The summed E-state index contributed by atoms with van der Waals surface area (Å²) in [5.41, 5.74) is 2.62. The van der Waals surface area contributed by atoms with Crippen molar-refractivity contribution < 1.29 is 4.79 Å². The lowest BCUT2D eigenvalue weighted by Crippen LogP contribution is -2.31. The van der Waals surface area contributed by atoms with E-state index >= 15 is 0 Å². The second-order valence-corrected chi connectivity index (χ2v) is 6.45. The highest BCUT2D eigenvalue weighted by molar-refractivity contribution is 9.09. The van der Waals surface area contributed by atoms with Gasteiger partial charge in [0.1, 0.15) is 0 Å². The summed E-state index contributed by atoms with van der Waals surface area (Å²) < 4.78 is 0. The maximum absolute atomic E-state index is 12.0. The van der Waals surface area contributed by atoms with Crippen molar-refractivity contribution in [3.63, 3.8) is 0 Å². The van der Waals surface area contributed by atoms with Crippen LogP contribution in [0.3, 0.4) is 0 Å². The minimum Gasteiger partial charge on any atom is -0.348 e. The van der Waals surface area contributed by atoms with Crippen LogP contribution in [0.15, 0.2) is 24.3 Å². The summed E-state index contributed by atoms with van der Waals surface area (Å²) in [4.78, 5) is 12.3. The van der Waals surface area contributed by atoms with Crippen molar-refractivity contribution in [2.75, 3.05) is 0 Å². The summed E-state index contributed by atoms with van der Waals surface area (Å²) in [6, 6.07) is 8.52. The summed E-state index contributed by atoms with van der Waals surface area (Å²) in [6.45, 7) is 2.19. The standard InChI is InChI=1S/C16H22BrNO/c1-2-3-4-5-10-15(19)18-16-13-9-7-6-8-12(13)11-14(16)17/h6-9,14,16H,2-5,10-11H2,1H3,(H,18,19). The third kappa shape index (κ3) is 3.82. The lowest BCUT2D eigenvalue weighted by atomic mass is 10.1. The molecule has 1 aliphatic carbocycles. The number of hydrogen-bond acceptors (Lipinski definition) is 1. The maximum Gasteiger partial charge on any atom is 0.220 e. The number of carbonyl (C=O) groups excluding carboxylic acids is 1. The normalized spacial score (nSPS) is 21.2. The first-order valence-electron chi connectivity index (χ1n) is 7.23. The zero-order valence-corrected chi connectivity index (χ0v) is 13.1. The molecule has 1 amide bonds. The van der Waals surface area contributed by atoms with Gasteiger partial charge in [-0.3, -0.25) is 4.79 Å². The van der Waals surface area contributed by atoms with E-state index in [9.17, 15) is 4.79 Å². The number of amides is 1. The molecule has 1 aromatic carbocycles. The van der Waals surface area contributed by atoms with Crippen LogP contribution in [-0.2, 0) is 11.2 Å². The van der Waals surface area contributed by atoms with Crippen molar-refractivity contribution in [2.24, 2.45) is 0 Å². The number of unbranched alkanes of at least 4 members (excludes halogenated alkanes) is 3. The quantitative estimate of drug-likeness (QED) is 0.618. The Morgan fingerprint density at radius 3 is 2.89 bits per heavy atom. The predicted octanol–water partition coefficient (Wildman–Crippen LogP) is 4.13. The van der Waals surface area contributed by atoms with Gasteiger partial charge >= 0.3 is 0 Å². The van der Waals surface area contributed by atoms with Crippen molar-refractivity contribution in [1.29, 1.82) is 0 Å². The third-order valence-corrected chi connectivity index (χ3v) is 4.59. The molecule has 0 aliphatic heterocycles. The van der Waals surface area contributed by atoms with Crippen LogP contribution in [0, 0.1) is 0 Å². The molecule has 1 N–H and O–H groups in total. The third-order valence-electron chi connectivity index (χ3n) is 3.74. The SMILES string of the molecule is CCCCCCC(=O)NC1c2ccccc2CC1Br. The van der Waals surface area contributed by atoms with E-state index in [4.69, 9.17) is 0 Å². The van der Waals surface area contributed by atoms with E-state index < -0.39 is 0 Å². The Hall–Kier alpha value is -0.830. The molecular formula is C16H22BrNO. The van der Waals surface area contributed by atoms with Crippen LogP contribution < -0.4 is 5.32 Å². The first-order valence-corrected chi connectivity index (χ1v) is 8.15. The highest BCUT2D eigenvalue weighted by atomic mass is 79.9. The molecule has 2 rings (SSSR count). The van der Waals surface area contributed by atoms with Gasteiger partial charge < -0.3 is 5.32 Å². The van der Waals surface area contributed by atoms with E-state index in [2.05, 4.69) is 46.4 Å². The molecule has 0 radical (unpaired) electrons. The Labute approximate surface area is 124 Å². The molecule has 0 bridgehead atoms. The van der Waals surface area contributed by atoms with E-state index in [1.165, 1.54) is 24.0 Å². The number of hydrogen-bond donors (Lipinski definition) is 1. The van der Waals surface area contributed by atoms with Gasteiger partial charge in [0.05, 0.1) is 6.04 Å². The van der Waals surface area contributed by atoms with Crippen molar-refractivity contribution >= 4 is 21.8 Å². The second kappa shape index (κ2) is 7.09. The zero-order valence-electron chi connectivity index (χ0n) is 11.5. The molecule has 1 aromatic rings. The zero-order chi connectivity index (χ0) is 13.7. The predicted molar refractivity (Wildman–Crippen MR) is 82.5 cm³/mol. The Bertz CT molecular complexity index is 433. The summed E-state index contributed by atoms with van der Waals surface area (Å²) >= 11 is 3.69. The maximum atomic E-state index is 12.0. The number of carbonyl (C=O) groups is 1. The van der Waals surface area contributed by atoms with Crippen molar-refractivity contribution in [3.8, 4) is 0 Å². The van der Waals surface area contributed by atoms with Gasteiger partial charge in [-0.1, -0.05) is 66.4 Å². The van der Waals surface area contributed by atoms with Crippen LogP contribution in [0.2, 0.25) is 0 Å². The van der Waals surface area contributed by atoms with Gasteiger partial charge in [-0.2, -0.15) is 0 Å². The second-order valence-electron chi connectivity index (χ2n) is 5.27. The number of rotatable bonds is 6. The minimum atomic E-state index is 0.134. The van der Waals surface area contributed by atoms with E-state index in [1.54, 1.807) is 0 Å². The van der Waals surface area contributed by atoms with Gasteiger partial charge in [0.15, 0.2) is 0 Å². The van der Waals surface area contributed by atoms with Gasteiger partial charge in [0.2, 0.25) is 5.91 Å². The average Bonchev–Trinajstić information content (AvgIpc) is 2.72. The summed E-state index contributed by atoms with van der Waals surface area (Å²) in [5.74, 6) is 0.183. The number of nitrogens with one attached hydrogen (secondary N) is 1. The van der Waals surface area contributed by atoms with Gasteiger partial charge in [-0.25, -0.2) is 0 Å². The van der Waals surface area contributed by atoms with Crippen molar-refractivity contribution in [1.82, 2.24) is 5.32 Å². The highest BCUT2D eigenvalue weighted by Gasteiger charge is 2.31. The molecule has 0 spiro atoms. The molecule has 0 fully saturated rings. The fourth-order valence-corrected chi connectivity index (χ4v) is 3.44. The summed E-state index contributed by atoms with van der Waals surface area (Å²) in [7, 11) is 0. The number of benzene rings is 1. The topological polar surface area (TPSA) is 29.1 Å². The van der Waals surface area contributed by atoms with Crippen molar-refractivity contribution in [2.45, 2.75) is 56.3 Å². The fraction of sp³-hybridized carbons (Fsp3) is 0.562. The molecular weight excluding hydrogens is 302 g/mol. The van der Waals surface area contributed by atoms with Crippen molar-refractivity contribution in [3.05, 3.63) is 35.4 Å². The average molecular weight is 324 g/mol. The number of halogens is 1. The monoisotopic (exact) mass is 323 g/mol. The van der Waals surface area contributed by atoms with Crippen LogP contribution in [0.1, 0.15) is 56.2 Å². The first kappa shape index (κ1) is 14.6. The molecule has 1 aliphatic rings. The van der Waals surface area contributed by atoms with Gasteiger partial charge in [0.25, 0.3) is 0 Å². The Kier molecular flexibility index (Phi) is 5.44. The smallest absolute Gasteiger partial charge is 0.220 e. The van der Waals surface area contributed by atoms with E-state index in [0.29, 0.717) is 11.2 Å². The largest absolute Gasteiger partial charge is 0.348 e. The Morgan fingerprint density at radius 1 is 1.32 bits per heavy atom. The summed E-state index contributed by atoms with van der Waals surface area (Å²) in [6.07, 6.45) is 6.24. The molecule has 0 saturated carbocycles. The van der Waals surface area contributed by atoms with Gasteiger partial charge in [-0.05, 0) is 24.0 Å². The molecule has 19 heavy (non-hydrogen) atoms. The Balaban J connectivity index is 1.87. The molecule has 3 heteroatoms. The number of alkyl halides is 1. The fourth-order valence-electron chi connectivity index (χ4n) is 2.67. The van der Waals surface area contributed by atoms with Gasteiger partial charge in [0, 0.05) is 11.2 Å². The molecule has 104 valence electrons. The van der Waals surface area contributed by atoms with Crippen LogP contribution >= 0.6 is 15.9 Å². The lowest BCUT2D eigenvalue weighted by Gasteiger charge is -2.17. The Morgan fingerprint density at radius 2 is 2.11 bits per heavy atom. The molecule has 0 heterocycles. The number of fused-ring (bicyclic) bond motifs is 1. The first-order chi connectivity index (χ1) is 9.22. The molecule has 2 nitrogen and oxygen atoms in total. The minimum absolute atomic E-state index is 0.134. The van der Waals surface area contributed by atoms with Crippen LogP contribution in [-0.4, -0.2) is 10.7 Å². The molecule has 2 atom stereocenters. The van der Waals surface area contributed by atoms with Crippen LogP contribution in [0.25, 0.3) is 0 Å². The molecule has 0 aromatic heterocycles.